The Morgan fingerprint density at radius 2 is 1.64 bits per heavy atom. The van der Waals surface area contributed by atoms with E-state index in [1.165, 1.54) is 5.56 Å². The Kier molecular flexibility index (Phi) is 4.21. The maximum atomic E-state index is 4.87. The number of nitrogens with zero attached hydrogens (tertiary/aromatic N) is 5. The molecule has 5 nitrogen and oxygen atoms in total. The predicted molar refractivity (Wildman–Crippen MR) is 100 cm³/mol. The molecule has 0 N–H and O–H groups in total. The minimum atomic E-state index is 0.608. The van der Waals surface area contributed by atoms with Crippen molar-refractivity contribution in [2.75, 3.05) is 0 Å². The van der Waals surface area contributed by atoms with E-state index >= 15 is 0 Å². The maximum Gasteiger partial charge on any atom is 0.220 e. The third-order valence-electron chi connectivity index (χ3n) is 4.21. The topological polar surface area (TPSA) is 55.4 Å². The van der Waals surface area contributed by atoms with Crippen LogP contribution in [0.15, 0.2) is 70.6 Å². The van der Waals surface area contributed by atoms with E-state index < -0.39 is 0 Å². The Hall–Kier alpha value is -3.08. The van der Waals surface area contributed by atoms with Crippen molar-refractivity contribution in [2.45, 2.75) is 26.3 Å². The Morgan fingerprint density at radius 1 is 0.920 bits per heavy atom. The Balaban J connectivity index is 1.67. The number of fused-ring (bicyclic) bond motifs is 1. The van der Waals surface area contributed by atoms with Crippen LogP contribution in [0.5, 0.6) is 0 Å². The van der Waals surface area contributed by atoms with Crippen LogP contribution >= 0.6 is 0 Å². The van der Waals surface area contributed by atoms with Crippen LogP contribution in [-0.2, 0) is 13.0 Å². The minimum absolute atomic E-state index is 0.608. The molecule has 4 rings (SSSR count). The maximum absolute atomic E-state index is 4.87. The quantitative estimate of drug-likeness (QED) is 0.722. The van der Waals surface area contributed by atoms with E-state index in [4.69, 9.17) is 4.99 Å². The van der Waals surface area contributed by atoms with Crippen LogP contribution < -0.4 is 0 Å². The largest absolute Gasteiger partial charge is 0.233 e. The van der Waals surface area contributed by atoms with E-state index in [1.807, 2.05) is 35.9 Å². The Morgan fingerprint density at radius 3 is 2.40 bits per heavy atom. The summed E-state index contributed by atoms with van der Waals surface area (Å²) in [6, 6.07) is 20.6. The molecule has 0 amide bonds. The van der Waals surface area contributed by atoms with Gasteiger partial charge in [0.15, 0.2) is 5.82 Å². The predicted octanol–water partition coefficient (Wildman–Crippen LogP) is 4.14. The number of rotatable bonds is 4. The summed E-state index contributed by atoms with van der Waals surface area (Å²) >= 11 is 0. The summed E-state index contributed by atoms with van der Waals surface area (Å²) in [6.45, 7) is 2.74. The molecule has 0 radical (unpaired) electrons. The zero-order chi connectivity index (χ0) is 17.1. The van der Waals surface area contributed by atoms with E-state index in [2.05, 4.69) is 51.7 Å². The van der Waals surface area contributed by atoms with Gasteiger partial charge in [-0.25, -0.2) is 14.7 Å². The molecule has 1 aliphatic rings. The van der Waals surface area contributed by atoms with Gasteiger partial charge >= 0.3 is 0 Å². The molecule has 2 heterocycles. The summed E-state index contributed by atoms with van der Waals surface area (Å²) in [6.07, 6.45) is 1.61. The van der Waals surface area contributed by atoms with Crippen molar-refractivity contribution < 1.29 is 0 Å². The third-order valence-corrected chi connectivity index (χ3v) is 4.21. The number of benzene rings is 2. The van der Waals surface area contributed by atoms with Gasteiger partial charge in [0.2, 0.25) is 5.82 Å². The van der Waals surface area contributed by atoms with Gasteiger partial charge in [-0.05, 0) is 24.5 Å². The highest BCUT2D eigenvalue weighted by atomic mass is 15.5. The first-order valence-corrected chi connectivity index (χ1v) is 8.44. The lowest BCUT2D eigenvalue weighted by Gasteiger charge is -2.06. The highest BCUT2D eigenvalue weighted by molar-refractivity contribution is 6.14. The lowest BCUT2D eigenvalue weighted by Crippen LogP contribution is -2.07. The molecule has 0 saturated heterocycles. The number of aryl methyl sites for hydroxylation is 2. The van der Waals surface area contributed by atoms with Crippen LogP contribution in [0.25, 0.3) is 0 Å². The molecule has 2 aromatic carbocycles. The standard InChI is InChI=1S/C20H19N5/c1-15-14-18(17-10-6-3-7-11-17)22-20-19(21-15)23-24-25(20)13-12-16-8-4-2-5-9-16/h2-11H,12-14H2,1H3. The van der Waals surface area contributed by atoms with Gasteiger partial charge in [-0.3, -0.25) is 0 Å². The first kappa shape index (κ1) is 15.4. The number of aliphatic imine (C=N–C) groups is 2. The average Bonchev–Trinajstić information content (AvgIpc) is 2.93. The SMILES string of the molecule is CC1=Nc2nnn(CCc3ccccc3)c2N=C(c2ccccc2)C1. The lowest BCUT2D eigenvalue weighted by molar-refractivity contribution is 0.593. The molecule has 124 valence electrons. The van der Waals surface area contributed by atoms with Crippen LogP contribution in [0, 0.1) is 0 Å². The fraction of sp³-hybridized carbons (Fsp3) is 0.200. The molecule has 0 aliphatic carbocycles. The second-order valence-electron chi connectivity index (χ2n) is 6.14. The van der Waals surface area contributed by atoms with E-state index in [0.717, 1.165) is 42.2 Å². The van der Waals surface area contributed by atoms with Gasteiger partial charge in [0.25, 0.3) is 0 Å². The second-order valence-corrected chi connectivity index (χ2v) is 6.14. The fourth-order valence-electron chi connectivity index (χ4n) is 2.94. The molecule has 3 aromatic rings. The van der Waals surface area contributed by atoms with Crippen LogP contribution in [0.2, 0.25) is 0 Å². The van der Waals surface area contributed by atoms with Gasteiger partial charge in [-0.1, -0.05) is 65.9 Å². The molecule has 5 heteroatoms. The average molecular weight is 329 g/mol. The normalized spacial score (nSPS) is 13.6. The molecule has 0 bridgehead atoms. The van der Waals surface area contributed by atoms with Gasteiger partial charge in [0, 0.05) is 18.7 Å². The molecular weight excluding hydrogens is 310 g/mol. The van der Waals surface area contributed by atoms with E-state index in [9.17, 15) is 0 Å². The molecule has 0 fully saturated rings. The van der Waals surface area contributed by atoms with Crippen LogP contribution in [0.3, 0.4) is 0 Å². The van der Waals surface area contributed by atoms with Gasteiger partial charge in [-0.2, -0.15) is 0 Å². The van der Waals surface area contributed by atoms with Gasteiger partial charge < -0.3 is 0 Å². The van der Waals surface area contributed by atoms with E-state index in [1.54, 1.807) is 0 Å². The van der Waals surface area contributed by atoms with Gasteiger partial charge in [-0.15, -0.1) is 5.10 Å². The molecule has 0 spiro atoms. The van der Waals surface area contributed by atoms with Gasteiger partial charge in [0.05, 0.1) is 5.71 Å². The summed E-state index contributed by atoms with van der Waals surface area (Å²) in [5, 5.41) is 8.50. The van der Waals surface area contributed by atoms with Crippen LogP contribution in [0.1, 0.15) is 24.5 Å². The fourth-order valence-corrected chi connectivity index (χ4v) is 2.94. The van der Waals surface area contributed by atoms with Crippen molar-refractivity contribution in [3.05, 3.63) is 71.8 Å². The second kappa shape index (κ2) is 6.81. The highest BCUT2D eigenvalue weighted by Crippen LogP contribution is 2.29. The van der Waals surface area contributed by atoms with E-state index in [-0.39, 0.29) is 0 Å². The number of aromatic nitrogens is 3. The molecule has 0 atom stereocenters. The molecule has 1 aromatic heterocycles. The zero-order valence-electron chi connectivity index (χ0n) is 14.1. The molecule has 25 heavy (non-hydrogen) atoms. The first-order valence-electron chi connectivity index (χ1n) is 8.44. The Labute approximate surface area is 146 Å². The molecule has 0 unspecified atom stereocenters. The zero-order valence-corrected chi connectivity index (χ0v) is 14.1. The number of hydrogen-bond donors (Lipinski definition) is 0. The minimum Gasteiger partial charge on any atom is -0.233 e. The molecule has 1 aliphatic heterocycles. The third kappa shape index (κ3) is 3.40. The monoisotopic (exact) mass is 329 g/mol. The van der Waals surface area contributed by atoms with E-state index in [0.29, 0.717) is 5.82 Å². The summed E-state index contributed by atoms with van der Waals surface area (Å²) in [7, 11) is 0. The van der Waals surface area contributed by atoms with Crippen molar-refractivity contribution in [1.82, 2.24) is 15.0 Å². The van der Waals surface area contributed by atoms with Crippen LogP contribution in [0.4, 0.5) is 11.6 Å². The summed E-state index contributed by atoms with van der Waals surface area (Å²) in [5.74, 6) is 1.35. The summed E-state index contributed by atoms with van der Waals surface area (Å²) in [4.78, 5) is 9.47. The van der Waals surface area contributed by atoms with Gasteiger partial charge in [0.1, 0.15) is 0 Å². The summed E-state index contributed by atoms with van der Waals surface area (Å²) in [5.41, 5.74) is 4.38. The lowest BCUT2D eigenvalue weighted by atomic mass is 10.1. The summed E-state index contributed by atoms with van der Waals surface area (Å²) < 4.78 is 1.85. The Bertz CT molecular complexity index is 923. The molecule has 0 saturated carbocycles. The van der Waals surface area contributed by atoms with Crippen molar-refractivity contribution in [1.29, 1.82) is 0 Å². The van der Waals surface area contributed by atoms with Crippen molar-refractivity contribution in [3.8, 4) is 0 Å². The van der Waals surface area contributed by atoms with Crippen molar-refractivity contribution in [2.24, 2.45) is 9.98 Å². The highest BCUT2D eigenvalue weighted by Gasteiger charge is 2.18. The smallest absolute Gasteiger partial charge is 0.220 e. The molecular formula is C20H19N5. The first-order chi connectivity index (χ1) is 12.3. The van der Waals surface area contributed by atoms with Crippen molar-refractivity contribution in [3.63, 3.8) is 0 Å². The van der Waals surface area contributed by atoms with Crippen LogP contribution in [-0.4, -0.2) is 26.4 Å². The van der Waals surface area contributed by atoms with Crippen molar-refractivity contribution >= 4 is 23.1 Å². The number of hydrogen-bond acceptors (Lipinski definition) is 4.